The minimum absolute atomic E-state index is 0. The zero-order valence-electron chi connectivity index (χ0n) is 4.42. The number of rotatable bonds is 0. The monoisotopic (exact) mass is 298 g/mol. The molecule has 0 aromatic heterocycles. The summed E-state index contributed by atoms with van der Waals surface area (Å²) in [6.07, 6.45) is 0. The van der Waals surface area contributed by atoms with Gasteiger partial charge in [0, 0.05) is 40.5 Å². The summed E-state index contributed by atoms with van der Waals surface area (Å²) in [5, 5.41) is 0. The molecular weight excluding hydrogens is 288 g/mol. The third-order valence-electron chi connectivity index (χ3n) is 0. The van der Waals surface area contributed by atoms with E-state index >= 15 is 0 Å². The number of hydrogen-bond donors (Lipinski definition) is 1. The quantitative estimate of drug-likeness (QED) is 0.370. The average Bonchev–Trinajstić information content (AvgIpc) is 0.918. The first-order valence-electron chi connectivity index (χ1n) is 0.383. The molecule has 0 atom stereocenters. The molecule has 0 amide bonds. The molecule has 0 unspecified atom stereocenters. The summed E-state index contributed by atoms with van der Waals surface area (Å²) >= 11 is 0. The van der Waals surface area contributed by atoms with Gasteiger partial charge in [-0.3, -0.25) is 0 Å². The van der Waals surface area contributed by atoms with Gasteiger partial charge >= 0.3 is 8.69 Å². The summed E-state index contributed by atoms with van der Waals surface area (Å²) in [5.41, 5.74) is 0. The van der Waals surface area contributed by atoms with Gasteiger partial charge in [0.25, 0.3) is 0 Å². The van der Waals surface area contributed by atoms with Gasteiger partial charge in [-0.05, 0) is 0 Å². The van der Waals surface area contributed by atoms with E-state index in [0.717, 1.165) is 0 Å². The smallest absolute Gasteiger partial charge is 0.324 e. The van der Waals surface area contributed by atoms with Gasteiger partial charge in [-0.1, -0.05) is 0 Å². The van der Waals surface area contributed by atoms with Crippen LogP contribution in [0.15, 0.2) is 0 Å². The summed E-state index contributed by atoms with van der Waals surface area (Å²) < 4.78 is 8.46. The molecule has 0 fully saturated rings. The van der Waals surface area contributed by atoms with Crippen LogP contribution in [0.5, 0.6) is 0 Å². The van der Waals surface area contributed by atoms with Crippen LogP contribution in [0.3, 0.4) is 0 Å². The largest absolute Gasteiger partial charge is 0.412 e. The van der Waals surface area contributed by atoms with Gasteiger partial charge < -0.3 is 26.8 Å². The average molecular weight is 297 g/mol. The summed E-state index contributed by atoms with van der Waals surface area (Å²) in [7, 11) is -0.833. The van der Waals surface area contributed by atoms with Crippen LogP contribution < -0.4 is 0 Å². The molecular formula is H9MoO6PZn. The first-order chi connectivity index (χ1) is 1.41. The molecule has 9 N–H and O–H groups in total. The summed E-state index contributed by atoms with van der Waals surface area (Å²) in [6.45, 7) is 0. The van der Waals surface area contributed by atoms with E-state index in [4.69, 9.17) is 9.46 Å². The van der Waals surface area contributed by atoms with Crippen LogP contribution in [0, 0.1) is 0 Å². The molecule has 0 saturated carbocycles. The van der Waals surface area contributed by atoms with Crippen LogP contribution in [0.4, 0.5) is 0 Å². The van der Waals surface area contributed by atoms with Crippen LogP contribution in [0.2, 0.25) is 0 Å². The van der Waals surface area contributed by atoms with Gasteiger partial charge in [0.15, 0.2) is 0 Å². The van der Waals surface area contributed by atoms with Crippen molar-refractivity contribution in [3.05, 3.63) is 0 Å². The molecule has 0 aliphatic carbocycles. The van der Waals surface area contributed by atoms with Crippen molar-refractivity contribution in [1.82, 2.24) is 0 Å². The van der Waals surface area contributed by atoms with Crippen LogP contribution >= 0.6 is 8.69 Å². The fourth-order valence-corrected chi connectivity index (χ4v) is 0. The Morgan fingerprint density at radius 3 is 1.00 bits per heavy atom. The van der Waals surface area contributed by atoms with Crippen molar-refractivity contribution < 1.29 is 71.9 Å². The zero-order valence-corrected chi connectivity index (χ0v) is 10.3. The molecule has 0 aliphatic heterocycles. The molecule has 0 aliphatic rings. The second-order valence-electron chi connectivity index (χ2n) is 0.0816. The second-order valence-corrected chi connectivity index (χ2v) is 0.245. The molecule has 0 saturated heterocycles. The molecule has 0 spiro atoms. The molecule has 0 radical (unpaired) electrons. The van der Waals surface area contributed by atoms with Gasteiger partial charge in [0.1, 0.15) is 0 Å². The summed E-state index contributed by atoms with van der Waals surface area (Å²) in [5.74, 6) is 0. The zero-order chi connectivity index (χ0) is 2.71. The predicted molar refractivity (Wildman–Crippen MR) is 24.3 cm³/mol. The third-order valence-corrected chi connectivity index (χ3v) is 0. The first-order valence-corrected chi connectivity index (χ1v) is 1.15. The number of hydrogen-bond acceptors (Lipinski definition) is 1. The maximum Gasteiger partial charge on any atom is 0.324 e. The van der Waals surface area contributed by atoms with Crippen molar-refractivity contribution in [2.75, 3.05) is 0 Å². The summed E-state index contributed by atoms with van der Waals surface area (Å²) in [4.78, 5) is 6.99. The van der Waals surface area contributed by atoms with Gasteiger partial charge in [-0.2, -0.15) is 0 Å². The Morgan fingerprint density at radius 2 is 1.00 bits per heavy atom. The van der Waals surface area contributed by atoms with Crippen molar-refractivity contribution in [3.63, 3.8) is 0 Å². The first kappa shape index (κ1) is 84.0. The Bertz CT molecular complexity index is 20.5. The van der Waals surface area contributed by atoms with Gasteiger partial charge in [-0.25, -0.2) is 4.57 Å². The maximum atomic E-state index is 8.46. The van der Waals surface area contributed by atoms with Crippen molar-refractivity contribution >= 4 is 8.69 Å². The third kappa shape index (κ3) is 326. The summed E-state index contributed by atoms with van der Waals surface area (Å²) in [6, 6.07) is 0. The Labute approximate surface area is 80.6 Å². The Balaban J connectivity index is -0.00000000133. The van der Waals surface area contributed by atoms with E-state index in [2.05, 4.69) is 0 Å². The minimum atomic E-state index is -0.833. The standard InChI is InChI=1S/Mo.HO2P.4H2O.Zn/c;1-3-2;;;;;/h;(H,1,2);4*1H2;. The van der Waals surface area contributed by atoms with E-state index in [9.17, 15) is 0 Å². The normalized spacial score (nSPS) is 2.33. The van der Waals surface area contributed by atoms with Gasteiger partial charge in [-0.15, -0.1) is 0 Å². The van der Waals surface area contributed by atoms with Crippen molar-refractivity contribution in [1.29, 1.82) is 0 Å². The van der Waals surface area contributed by atoms with Gasteiger partial charge in [0.05, 0.1) is 0 Å². The van der Waals surface area contributed by atoms with Crippen molar-refractivity contribution in [3.8, 4) is 0 Å². The van der Waals surface area contributed by atoms with Crippen LogP contribution in [-0.4, -0.2) is 26.8 Å². The topological polar surface area (TPSA) is 163 Å². The molecule has 9 heteroatoms. The predicted octanol–water partition coefficient (Wildman–Crippen LogP) is -3.12. The fraction of sp³-hybridized carbons (Fsp3) is 0. The molecule has 0 bridgehead atoms. The molecule has 0 aromatic rings. The Morgan fingerprint density at radius 1 is 1.00 bits per heavy atom. The van der Waals surface area contributed by atoms with E-state index in [1.54, 1.807) is 0 Å². The van der Waals surface area contributed by atoms with Crippen LogP contribution in [0.1, 0.15) is 0 Å². The van der Waals surface area contributed by atoms with Crippen molar-refractivity contribution in [2.24, 2.45) is 0 Å². The van der Waals surface area contributed by atoms with E-state index in [1.807, 2.05) is 0 Å². The van der Waals surface area contributed by atoms with Crippen LogP contribution in [0.25, 0.3) is 0 Å². The SMILES string of the molecule is O.O.O.O.O=PO.[Mo].[Zn]. The van der Waals surface area contributed by atoms with E-state index in [1.165, 1.54) is 0 Å². The molecule has 0 rings (SSSR count). The van der Waals surface area contributed by atoms with Crippen LogP contribution in [-0.2, 0) is 45.1 Å². The molecule has 6 nitrogen and oxygen atoms in total. The molecule has 58 valence electrons. The second kappa shape index (κ2) is 127. The molecule has 9 heavy (non-hydrogen) atoms. The van der Waals surface area contributed by atoms with Crippen molar-refractivity contribution in [2.45, 2.75) is 0 Å². The Kier molecular flexibility index (Phi) is 1190. The van der Waals surface area contributed by atoms with E-state index in [0.29, 0.717) is 0 Å². The maximum absolute atomic E-state index is 8.46. The Hall–Kier alpha value is 1.21. The molecule has 0 aromatic carbocycles. The minimum Gasteiger partial charge on any atom is -0.412 e. The van der Waals surface area contributed by atoms with E-state index < -0.39 is 8.69 Å². The van der Waals surface area contributed by atoms with E-state index in [-0.39, 0.29) is 62.4 Å². The molecule has 0 heterocycles. The van der Waals surface area contributed by atoms with Gasteiger partial charge in [0.2, 0.25) is 0 Å². The fourth-order valence-electron chi connectivity index (χ4n) is 0.